The van der Waals surface area contributed by atoms with Gasteiger partial charge in [-0.3, -0.25) is 25.7 Å². The molecule has 0 aliphatic carbocycles. The molecule has 0 fully saturated rings. The average molecular weight is 291 g/mol. The zero-order valence-corrected chi connectivity index (χ0v) is 10.5. The Morgan fingerprint density at radius 2 is 2.10 bits per heavy atom. The zero-order chi connectivity index (χ0) is 15.4. The van der Waals surface area contributed by atoms with Gasteiger partial charge in [0.2, 0.25) is 0 Å². The van der Waals surface area contributed by atoms with Gasteiger partial charge in [0.15, 0.2) is 5.82 Å². The quantitative estimate of drug-likeness (QED) is 0.447. The van der Waals surface area contributed by atoms with Gasteiger partial charge in [-0.2, -0.15) is 0 Å². The highest BCUT2D eigenvalue weighted by molar-refractivity contribution is 6.07. The van der Waals surface area contributed by atoms with Gasteiger partial charge in [0.05, 0.1) is 34.1 Å². The van der Waals surface area contributed by atoms with E-state index in [4.69, 9.17) is 5.84 Å². The van der Waals surface area contributed by atoms with Gasteiger partial charge in [0.25, 0.3) is 11.6 Å². The fraction of sp³-hybridized carbons (Fsp3) is 0. The topological polar surface area (TPSA) is 123 Å². The number of rotatable bonds is 4. The van der Waals surface area contributed by atoms with E-state index in [0.717, 1.165) is 18.2 Å². The third-order valence-corrected chi connectivity index (χ3v) is 2.63. The second kappa shape index (κ2) is 5.92. The number of benzene rings is 1. The van der Waals surface area contributed by atoms with E-state index in [1.165, 1.54) is 18.5 Å². The lowest BCUT2D eigenvalue weighted by Gasteiger charge is -2.09. The summed E-state index contributed by atoms with van der Waals surface area (Å²) in [4.78, 5) is 25.6. The van der Waals surface area contributed by atoms with Gasteiger partial charge in [-0.1, -0.05) is 0 Å². The van der Waals surface area contributed by atoms with Crippen LogP contribution in [0, 0.1) is 15.9 Å². The van der Waals surface area contributed by atoms with Crippen LogP contribution in [-0.2, 0) is 0 Å². The second-order valence-corrected chi connectivity index (χ2v) is 3.94. The van der Waals surface area contributed by atoms with E-state index in [0.29, 0.717) is 0 Å². The third kappa shape index (κ3) is 3.09. The molecule has 0 aliphatic heterocycles. The monoisotopic (exact) mass is 291 g/mol. The molecular weight excluding hydrogens is 281 g/mol. The van der Waals surface area contributed by atoms with Crippen LogP contribution in [0.3, 0.4) is 0 Å². The number of nitrogen functional groups attached to an aromatic ring is 1. The van der Waals surface area contributed by atoms with Gasteiger partial charge in [0, 0.05) is 12.3 Å². The van der Waals surface area contributed by atoms with Crippen molar-refractivity contribution in [1.29, 1.82) is 0 Å². The maximum atomic E-state index is 13.7. The van der Waals surface area contributed by atoms with Gasteiger partial charge in [-0.15, -0.1) is 0 Å². The van der Waals surface area contributed by atoms with Crippen molar-refractivity contribution in [3.63, 3.8) is 0 Å². The van der Waals surface area contributed by atoms with Crippen molar-refractivity contribution < 1.29 is 14.1 Å². The zero-order valence-electron chi connectivity index (χ0n) is 10.5. The first-order valence-corrected chi connectivity index (χ1v) is 5.69. The number of nitrogens with zero attached hydrogens (tertiary/aromatic N) is 2. The van der Waals surface area contributed by atoms with Gasteiger partial charge in [-0.05, 0) is 12.1 Å². The maximum Gasteiger partial charge on any atom is 0.272 e. The minimum atomic E-state index is -0.908. The highest BCUT2D eigenvalue weighted by Crippen LogP contribution is 2.22. The highest BCUT2D eigenvalue weighted by atomic mass is 19.1. The number of nitrogens with one attached hydrogen (secondary N) is 2. The maximum absolute atomic E-state index is 13.7. The molecule has 2 aromatic rings. The van der Waals surface area contributed by atoms with E-state index in [2.05, 4.69) is 15.7 Å². The number of pyridine rings is 1. The molecule has 0 spiro atoms. The van der Waals surface area contributed by atoms with E-state index < -0.39 is 22.3 Å². The molecule has 0 atom stereocenters. The Morgan fingerprint density at radius 1 is 1.33 bits per heavy atom. The number of nitro groups is 1. The molecule has 0 saturated heterocycles. The molecule has 4 N–H and O–H groups in total. The molecule has 1 aromatic heterocycles. The van der Waals surface area contributed by atoms with Gasteiger partial charge < -0.3 is 10.7 Å². The number of aromatic nitrogens is 1. The Balaban J connectivity index is 2.26. The third-order valence-electron chi connectivity index (χ3n) is 2.63. The summed E-state index contributed by atoms with van der Waals surface area (Å²) in [7, 11) is 0. The van der Waals surface area contributed by atoms with Crippen LogP contribution in [-0.4, -0.2) is 15.8 Å². The molecule has 2 rings (SSSR count). The Labute approximate surface area is 117 Å². The lowest BCUT2D eigenvalue weighted by atomic mass is 10.2. The minimum Gasteiger partial charge on any atom is -0.322 e. The summed E-state index contributed by atoms with van der Waals surface area (Å²) in [5.74, 6) is 3.71. The number of carbonyl (C=O) groups is 1. The largest absolute Gasteiger partial charge is 0.322 e. The van der Waals surface area contributed by atoms with Crippen molar-refractivity contribution in [3.05, 3.63) is 58.2 Å². The van der Waals surface area contributed by atoms with Crippen molar-refractivity contribution in [1.82, 2.24) is 4.98 Å². The first kappa shape index (κ1) is 14.3. The molecular formula is C12H10FN5O3. The molecule has 1 heterocycles. The summed E-state index contributed by atoms with van der Waals surface area (Å²) in [5, 5.41) is 12.8. The predicted octanol–water partition coefficient (Wildman–Crippen LogP) is 1.67. The van der Waals surface area contributed by atoms with Crippen LogP contribution < -0.4 is 16.6 Å². The van der Waals surface area contributed by atoms with Crippen LogP contribution in [0.15, 0.2) is 36.7 Å². The summed E-state index contributed by atoms with van der Waals surface area (Å²) >= 11 is 0. The molecule has 0 unspecified atom stereocenters. The van der Waals surface area contributed by atoms with Crippen molar-refractivity contribution in [2.45, 2.75) is 0 Å². The van der Waals surface area contributed by atoms with Gasteiger partial charge in [-0.25, -0.2) is 4.39 Å². The molecule has 1 aromatic carbocycles. The Bertz CT molecular complexity index is 707. The van der Waals surface area contributed by atoms with Gasteiger partial charge in [0.1, 0.15) is 0 Å². The number of nitrogens with two attached hydrogens (primary N) is 1. The summed E-state index contributed by atoms with van der Waals surface area (Å²) in [6, 6.07) is 4.33. The SMILES string of the molecule is NNc1cnccc1C(=O)Nc1ccc([N+](=O)[O-])cc1F. The summed E-state index contributed by atoms with van der Waals surface area (Å²) in [6.07, 6.45) is 2.71. The lowest BCUT2D eigenvalue weighted by molar-refractivity contribution is -0.385. The molecule has 108 valence electrons. The molecule has 9 heteroatoms. The normalized spacial score (nSPS) is 10.0. The Kier molecular flexibility index (Phi) is 4.05. The van der Waals surface area contributed by atoms with Crippen molar-refractivity contribution >= 4 is 23.0 Å². The second-order valence-electron chi connectivity index (χ2n) is 3.94. The number of carbonyl (C=O) groups excluding carboxylic acids is 1. The number of non-ortho nitro benzene ring substituents is 1. The number of nitro benzene ring substituents is 1. The van der Waals surface area contributed by atoms with E-state index in [-0.39, 0.29) is 16.9 Å². The van der Waals surface area contributed by atoms with Crippen LogP contribution in [0.1, 0.15) is 10.4 Å². The average Bonchev–Trinajstić information content (AvgIpc) is 2.48. The van der Waals surface area contributed by atoms with Crippen LogP contribution in [0.2, 0.25) is 0 Å². The van der Waals surface area contributed by atoms with E-state index in [9.17, 15) is 19.3 Å². The fourth-order valence-corrected chi connectivity index (χ4v) is 1.62. The molecule has 1 amide bonds. The fourth-order valence-electron chi connectivity index (χ4n) is 1.62. The molecule has 0 aliphatic rings. The predicted molar refractivity (Wildman–Crippen MR) is 73.1 cm³/mol. The molecule has 8 nitrogen and oxygen atoms in total. The van der Waals surface area contributed by atoms with Crippen molar-refractivity contribution in [3.8, 4) is 0 Å². The number of amides is 1. The Hall–Kier alpha value is -3.07. The lowest BCUT2D eigenvalue weighted by Crippen LogP contribution is -2.18. The van der Waals surface area contributed by atoms with Crippen molar-refractivity contribution in [2.75, 3.05) is 10.7 Å². The van der Waals surface area contributed by atoms with Crippen LogP contribution in [0.25, 0.3) is 0 Å². The standard InChI is InChI=1S/C12H10FN5O3/c13-9-5-7(18(20)21)1-2-10(9)16-12(19)8-3-4-15-6-11(8)17-14/h1-6,17H,14H2,(H,16,19). The van der Waals surface area contributed by atoms with E-state index in [1.54, 1.807) is 0 Å². The van der Waals surface area contributed by atoms with Crippen LogP contribution in [0.5, 0.6) is 0 Å². The van der Waals surface area contributed by atoms with Gasteiger partial charge >= 0.3 is 0 Å². The molecule has 0 saturated carbocycles. The summed E-state index contributed by atoms with van der Waals surface area (Å²) in [5.41, 5.74) is 2.13. The van der Waals surface area contributed by atoms with Crippen LogP contribution >= 0.6 is 0 Å². The first-order valence-electron chi connectivity index (χ1n) is 5.69. The number of hydrogen-bond donors (Lipinski definition) is 3. The summed E-state index contributed by atoms with van der Waals surface area (Å²) < 4.78 is 13.7. The molecule has 21 heavy (non-hydrogen) atoms. The molecule has 0 bridgehead atoms. The number of hydrazine groups is 1. The number of anilines is 2. The smallest absolute Gasteiger partial charge is 0.272 e. The summed E-state index contributed by atoms with van der Waals surface area (Å²) in [6.45, 7) is 0. The Morgan fingerprint density at radius 3 is 2.71 bits per heavy atom. The van der Waals surface area contributed by atoms with Crippen molar-refractivity contribution in [2.24, 2.45) is 5.84 Å². The number of halogens is 1. The molecule has 0 radical (unpaired) electrons. The van der Waals surface area contributed by atoms with E-state index in [1.807, 2.05) is 0 Å². The number of hydrogen-bond acceptors (Lipinski definition) is 6. The van der Waals surface area contributed by atoms with Crippen LogP contribution in [0.4, 0.5) is 21.5 Å². The first-order chi connectivity index (χ1) is 10.0. The minimum absolute atomic E-state index is 0.158. The highest BCUT2D eigenvalue weighted by Gasteiger charge is 2.15. The van der Waals surface area contributed by atoms with E-state index >= 15 is 0 Å².